The molecule has 1 saturated carbocycles. The van der Waals surface area contributed by atoms with Crippen LogP contribution in [0, 0.1) is 5.92 Å². The highest BCUT2D eigenvalue weighted by molar-refractivity contribution is 8.00. The number of amides is 2. The summed E-state index contributed by atoms with van der Waals surface area (Å²) in [7, 11) is 1.57. The van der Waals surface area contributed by atoms with Gasteiger partial charge in [0.15, 0.2) is 0 Å². The standard InChI is InChI=1S/C37H41N3O6S2/c1-23(2)15-16-29-36(3,46-29)34-33(44-4)26(17-18-37(34,43)22-48-28-14-6-10-25-12-8-20-39-32(25)28)45-35(42)40-30(41)21-47-27-13-5-9-24-11-7-19-38-31(24)27/h5-15,19-20,26,29,33-34,43H,16-18,21-22H2,1-4H3,(H,40,41,42). The molecule has 0 bridgehead atoms. The van der Waals surface area contributed by atoms with Gasteiger partial charge in [-0.2, -0.15) is 0 Å². The summed E-state index contributed by atoms with van der Waals surface area (Å²) < 4.78 is 18.3. The lowest BCUT2D eigenvalue weighted by Crippen LogP contribution is -2.61. The van der Waals surface area contributed by atoms with Crippen molar-refractivity contribution in [2.75, 3.05) is 18.6 Å². The zero-order valence-corrected chi connectivity index (χ0v) is 29.2. The highest BCUT2D eigenvalue weighted by Gasteiger charge is 2.67. The Kier molecular flexibility index (Phi) is 10.4. The monoisotopic (exact) mass is 687 g/mol. The number of carbonyl (C=O) groups is 2. The van der Waals surface area contributed by atoms with Crippen molar-refractivity contribution in [3.05, 3.63) is 84.7 Å². The molecule has 9 nitrogen and oxygen atoms in total. The predicted octanol–water partition coefficient (Wildman–Crippen LogP) is 6.96. The molecule has 6 rings (SSSR count). The number of epoxide rings is 1. The van der Waals surface area contributed by atoms with Gasteiger partial charge in [-0.05, 0) is 64.3 Å². The van der Waals surface area contributed by atoms with Crippen LogP contribution in [0.1, 0.15) is 40.0 Å². The Morgan fingerprint density at radius 2 is 1.62 bits per heavy atom. The summed E-state index contributed by atoms with van der Waals surface area (Å²) in [4.78, 5) is 36.7. The largest absolute Gasteiger partial charge is 0.443 e. The number of allylic oxidation sites excluding steroid dienone is 1. The number of nitrogens with one attached hydrogen (secondary N) is 1. The van der Waals surface area contributed by atoms with Gasteiger partial charge >= 0.3 is 6.09 Å². The Bertz CT molecular complexity index is 1820. The molecule has 11 heteroatoms. The van der Waals surface area contributed by atoms with E-state index in [4.69, 9.17) is 14.2 Å². The summed E-state index contributed by atoms with van der Waals surface area (Å²) >= 11 is 2.86. The summed E-state index contributed by atoms with van der Waals surface area (Å²) in [6.07, 6.45) is 4.70. The van der Waals surface area contributed by atoms with Gasteiger partial charge in [0.25, 0.3) is 0 Å². The number of aliphatic hydroxyl groups is 1. The average molecular weight is 688 g/mol. The zero-order chi connectivity index (χ0) is 33.9. The molecule has 252 valence electrons. The third-order valence-electron chi connectivity index (χ3n) is 9.27. The molecule has 4 aromatic rings. The number of ether oxygens (including phenoxy) is 3. The van der Waals surface area contributed by atoms with Crippen LogP contribution in [0.2, 0.25) is 0 Å². The van der Waals surface area contributed by atoms with E-state index in [1.165, 1.54) is 17.3 Å². The quantitative estimate of drug-likeness (QED) is 0.0972. The van der Waals surface area contributed by atoms with Gasteiger partial charge in [0.1, 0.15) is 17.8 Å². The zero-order valence-electron chi connectivity index (χ0n) is 27.5. The fraction of sp³-hybridized carbons (Fsp3) is 0.405. The van der Waals surface area contributed by atoms with Gasteiger partial charge < -0.3 is 19.3 Å². The van der Waals surface area contributed by atoms with E-state index in [-0.39, 0.29) is 11.9 Å². The molecule has 0 radical (unpaired) electrons. The van der Waals surface area contributed by atoms with Crippen molar-refractivity contribution in [3.8, 4) is 0 Å². The molecule has 2 amide bonds. The molecule has 2 aromatic carbocycles. The van der Waals surface area contributed by atoms with Gasteiger partial charge in [0.05, 0.1) is 28.5 Å². The number of imide groups is 1. The van der Waals surface area contributed by atoms with Crippen LogP contribution in [0.5, 0.6) is 0 Å². The topological polar surface area (TPSA) is 123 Å². The van der Waals surface area contributed by atoms with Gasteiger partial charge in [-0.3, -0.25) is 20.1 Å². The Balaban J connectivity index is 1.16. The normalized spacial score (nSPS) is 26.6. The molecule has 48 heavy (non-hydrogen) atoms. The second kappa shape index (κ2) is 14.6. The number of carbonyl (C=O) groups excluding carboxylic acids is 2. The van der Waals surface area contributed by atoms with Gasteiger partial charge in [-0.25, -0.2) is 4.79 Å². The highest BCUT2D eigenvalue weighted by atomic mass is 32.2. The molecular formula is C37H41N3O6S2. The number of nitrogens with zero attached hydrogens (tertiary/aromatic N) is 2. The SMILES string of the molecule is COC1C(OC(=O)NC(=O)CSc2cccc3cccnc23)CCC(O)(CSc2cccc3cccnc23)C1C1(C)OC1CC=C(C)C. The summed E-state index contributed by atoms with van der Waals surface area (Å²) in [6, 6.07) is 19.6. The smallest absolute Gasteiger partial charge is 0.414 e. The minimum absolute atomic E-state index is 0.0176. The molecular weight excluding hydrogens is 647 g/mol. The Morgan fingerprint density at radius 3 is 2.25 bits per heavy atom. The number of pyridine rings is 2. The molecule has 1 aliphatic heterocycles. The maximum absolute atomic E-state index is 13.1. The van der Waals surface area contributed by atoms with Crippen LogP contribution in [-0.2, 0) is 19.0 Å². The van der Waals surface area contributed by atoms with Gasteiger partial charge in [0, 0.05) is 51.7 Å². The number of para-hydroxylation sites is 2. The van der Waals surface area contributed by atoms with Crippen molar-refractivity contribution in [3.63, 3.8) is 0 Å². The van der Waals surface area contributed by atoms with E-state index >= 15 is 0 Å². The molecule has 2 aliphatic rings. The van der Waals surface area contributed by atoms with Crippen molar-refractivity contribution in [1.82, 2.24) is 15.3 Å². The minimum atomic E-state index is -1.20. The lowest BCUT2D eigenvalue weighted by atomic mass is 9.66. The van der Waals surface area contributed by atoms with Crippen LogP contribution < -0.4 is 5.32 Å². The highest BCUT2D eigenvalue weighted by Crippen LogP contribution is 2.55. The number of aromatic nitrogens is 2. The number of benzene rings is 2. The van der Waals surface area contributed by atoms with Gasteiger partial charge in [-0.15, -0.1) is 23.5 Å². The van der Waals surface area contributed by atoms with Crippen molar-refractivity contribution in [2.45, 2.75) is 79.3 Å². The first-order chi connectivity index (χ1) is 23.1. The van der Waals surface area contributed by atoms with E-state index in [0.717, 1.165) is 31.6 Å². The summed E-state index contributed by atoms with van der Waals surface area (Å²) in [5.74, 6) is -0.601. The van der Waals surface area contributed by atoms with Crippen molar-refractivity contribution < 1.29 is 28.9 Å². The minimum Gasteiger partial charge on any atom is -0.443 e. The molecule has 3 heterocycles. The third kappa shape index (κ3) is 7.40. The van der Waals surface area contributed by atoms with E-state index in [1.807, 2.05) is 81.4 Å². The van der Waals surface area contributed by atoms with Crippen LogP contribution in [0.3, 0.4) is 0 Å². The van der Waals surface area contributed by atoms with Gasteiger partial charge in [-0.1, -0.05) is 48.0 Å². The Hall–Kier alpha value is -3.48. The first-order valence-electron chi connectivity index (χ1n) is 16.1. The maximum Gasteiger partial charge on any atom is 0.414 e. The molecule has 6 unspecified atom stereocenters. The number of methoxy groups -OCH3 is 1. The number of alkyl carbamates (subject to hydrolysis) is 1. The van der Waals surface area contributed by atoms with Crippen LogP contribution in [0.25, 0.3) is 21.8 Å². The summed E-state index contributed by atoms with van der Waals surface area (Å²) in [5, 5.41) is 16.8. The van der Waals surface area contributed by atoms with Crippen molar-refractivity contribution in [1.29, 1.82) is 0 Å². The maximum atomic E-state index is 13.1. The Labute approximate surface area is 289 Å². The molecule has 2 fully saturated rings. The second-order valence-corrected chi connectivity index (χ2v) is 14.9. The third-order valence-corrected chi connectivity index (χ3v) is 11.6. The molecule has 2 N–H and O–H groups in total. The first kappa shape index (κ1) is 34.4. The van der Waals surface area contributed by atoms with E-state index in [0.29, 0.717) is 25.0 Å². The van der Waals surface area contributed by atoms with E-state index in [9.17, 15) is 14.7 Å². The summed E-state index contributed by atoms with van der Waals surface area (Å²) in [5.41, 5.74) is 0.962. The van der Waals surface area contributed by atoms with Crippen LogP contribution in [0.15, 0.2) is 94.5 Å². The van der Waals surface area contributed by atoms with Crippen molar-refractivity contribution >= 4 is 57.3 Å². The Morgan fingerprint density at radius 1 is 1.00 bits per heavy atom. The average Bonchev–Trinajstić information content (AvgIpc) is 3.75. The second-order valence-electron chi connectivity index (χ2n) is 12.9. The molecule has 0 spiro atoms. The van der Waals surface area contributed by atoms with E-state index in [2.05, 4.69) is 21.4 Å². The van der Waals surface area contributed by atoms with E-state index in [1.54, 1.807) is 31.3 Å². The fourth-order valence-electron chi connectivity index (χ4n) is 6.89. The first-order valence-corrected chi connectivity index (χ1v) is 18.1. The van der Waals surface area contributed by atoms with Crippen LogP contribution in [-0.4, -0.2) is 75.2 Å². The van der Waals surface area contributed by atoms with Crippen LogP contribution >= 0.6 is 23.5 Å². The molecule has 1 saturated heterocycles. The van der Waals surface area contributed by atoms with E-state index < -0.39 is 41.3 Å². The van der Waals surface area contributed by atoms with Gasteiger partial charge in [0.2, 0.25) is 5.91 Å². The number of hydrogen-bond donors (Lipinski definition) is 2. The number of thioether (sulfide) groups is 2. The fourth-order valence-corrected chi connectivity index (χ4v) is 8.94. The van der Waals surface area contributed by atoms with Crippen molar-refractivity contribution in [2.24, 2.45) is 5.92 Å². The molecule has 6 atom stereocenters. The lowest BCUT2D eigenvalue weighted by molar-refractivity contribution is -0.170. The number of fused-ring (bicyclic) bond motifs is 2. The van der Waals surface area contributed by atoms with Crippen LogP contribution in [0.4, 0.5) is 4.79 Å². The number of hydrogen-bond acceptors (Lipinski definition) is 10. The lowest BCUT2D eigenvalue weighted by Gasteiger charge is -2.49. The predicted molar refractivity (Wildman–Crippen MR) is 189 cm³/mol. The molecule has 1 aliphatic carbocycles. The summed E-state index contributed by atoms with van der Waals surface area (Å²) in [6.45, 7) is 6.10. The number of rotatable bonds is 11. The molecule has 2 aromatic heterocycles.